The fourth-order valence-electron chi connectivity index (χ4n) is 4.48. The summed E-state index contributed by atoms with van der Waals surface area (Å²) in [5.41, 5.74) is 2.04. The zero-order valence-corrected chi connectivity index (χ0v) is 18.4. The smallest absolute Gasteiger partial charge is 0.233 e. The second kappa shape index (κ2) is 8.59. The molecule has 2 heterocycles. The number of imide groups is 1. The normalized spacial score (nSPS) is 27.8. The number of halogens is 1. The molecule has 7 nitrogen and oxygen atoms in total. The summed E-state index contributed by atoms with van der Waals surface area (Å²) in [6.45, 7) is 3.41. The summed E-state index contributed by atoms with van der Waals surface area (Å²) in [4.78, 5) is 35.2. The second-order valence-corrected chi connectivity index (χ2v) is 7.49. The molecule has 150 valence electrons. The summed E-state index contributed by atoms with van der Waals surface area (Å²) in [7, 11) is 1.70. The van der Waals surface area contributed by atoms with E-state index in [4.69, 9.17) is 0 Å². The lowest BCUT2D eigenvalue weighted by atomic mass is 9.85. The van der Waals surface area contributed by atoms with E-state index in [9.17, 15) is 9.59 Å². The quantitative estimate of drug-likeness (QED) is 0.213. The predicted molar refractivity (Wildman–Crippen MR) is 117 cm³/mol. The molecule has 2 N–H and O–H groups in total. The predicted octanol–water partition coefficient (Wildman–Crippen LogP) is 1.48. The Labute approximate surface area is 182 Å². The van der Waals surface area contributed by atoms with Crippen LogP contribution in [-0.2, 0) is 16.1 Å². The van der Waals surface area contributed by atoms with Gasteiger partial charge in [-0.15, -0.1) is 24.0 Å². The largest absolute Gasteiger partial charge is 0.355 e. The zero-order chi connectivity index (χ0) is 19.0. The van der Waals surface area contributed by atoms with Crippen molar-refractivity contribution in [2.75, 3.05) is 20.1 Å². The lowest BCUT2D eigenvalue weighted by Gasteiger charge is -2.18. The van der Waals surface area contributed by atoms with Crippen molar-refractivity contribution in [2.24, 2.45) is 28.7 Å². The van der Waals surface area contributed by atoms with Gasteiger partial charge in [0.1, 0.15) is 0 Å². The average molecular weight is 495 g/mol. The maximum absolute atomic E-state index is 12.7. The van der Waals surface area contributed by atoms with Crippen LogP contribution in [0.5, 0.6) is 0 Å². The number of hydrogen-bond acceptors (Lipinski definition) is 4. The summed E-state index contributed by atoms with van der Waals surface area (Å²) >= 11 is 0. The summed E-state index contributed by atoms with van der Waals surface area (Å²) in [6.07, 6.45) is 7.02. The molecule has 0 spiro atoms. The van der Waals surface area contributed by atoms with E-state index in [2.05, 4.69) is 32.8 Å². The van der Waals surface area contributed by atoms with Crippen LogP contribution in [0.2, 0.25) is 0 Å². The minimum atomic E-state index is -0.126. The van der Waals surface area contributed by atoms with Crippen molar-refractivity contribution in [3.8, 4) is 0 Å². The van der Waals surface area contributed by atoms with Crippen LogP contribution in [0.4, 0.5) is 0 Å². The van der Waals surface area contributed by atoms with Gasteiger partial charge in [0.25, 0.3) is 0 Å². The third kappa shape index (κ3) is 3.78. The van der Waals surface area contributed by atoms with E-state index >= 15 is 0 Å². The van der Waals surface area contributed by atoms with Crippen LogP contribution < -0.4 is 10.6 Å². The lowest BCUT2D eigenvalue weighted by Crippen LogP contribution is -2.43. The van der Waals surface area contributed by atoms with E-state index in [0.29, 0.717) is 25.6 Å². The van der Waals surface area contributed by atoms with Gasteiger partial charge >= 0.3 is 0 Å². The Bertz CT molecular complexity index is 777. The molecule has 1 saturated heterocycles. The fraction of sp³-hybridized carbons (Fsp3) is 0.500. The fourth-order valence-corrected chi connectivity index (χ4v) is 4.48. The molecule has 0 radical (unpaired) electrons. The number of guanidine groups is 1. The van der Waals surface area contributed by atoms with E-state index in [1.807, 2.05) is 25.3 Å². The molecule has 3 aliphatic rings. The van der Waals surface area contributed by atoms with E-state index in [1.54, 1.807) is 7.05 Å². The molecule has 4 atom stereocenters. The number of carbonyl (C=O) groups is 2. The number of nitrogens with one attached hydrogen (secondary N) is 2. The van der Waals surface area contributed by atoms with Crippen molar-refractivity contribution in [1.29, 1.82) is 0 Å². The number of carbonyl (C=O) groups excluding carboxylic acids is 2. The van der Waals surface area contributed by atoms with Gasteiger partial charge in [0.15, 0.2) is 5.96 Å². The number of allylic oxidation sites excluding steroid dienone is 2. The number of aryl methyl sites for hydroxylation is 1. The van der Waals surface area contributed by atoms with Crippen LogP contribution in [0.15, 0.2) is 35.5 Å². The van der Waals surface area contributed by atoms with Gasteiger partial charge in [0.2, 0.25) is 11.8 Å². The maximum Gasteiger partial charge on any atom is 0.233 e. The Hall–Kier alpha value is -1.97. The molecule has 28 heavy (non-hydrogen) atoms. The van der Waals surface area contributed by atoms with Gasteiger partial charge in [-0.1, -0.05) is 18.2 Å². The maximum atomic E-state index is 12.7. The molecule has 2 fully saturated rings. The third-order valence-electron chi connectivity index (χ3n) is 5.85. The third-order valence-corrected chi connectivity index (χ3v) is 5.85. The highest BCUT2D eigenvalue weighted by Crippen LogP contribution is 2.52. The number of likely N-dealkylation sites (tertiary alicyclic amines) is 1. The monoisotopic (exact) mass is 495 g/mol. The molecule has 4 unspecified atom stereocenters. The van der Waals surface area contributed by atoms with Gasteiger partial charge in [-0.05, 0) is 36.8 Å². The lowest BCUT2D eigenvalue weighted by molar-refractivity contribution is -0.140. The van der Waals surface area contributed by atoms with Crippen LogP contribution in [0.3, 0.4) is 0 Å². The summed E-state index contributed by atoms with van der Waals surface area (Å²) in [5, 5.41) is 6.40. The Morgan fingerprint density at radius 3 is 2.43 bits per heavy atom. The van der Waals surface area contributed by atoms with Crippen molar-refractivity contribution in [2.45, 2.75) is 19.9 Å². The number of rotatable bonds is 5. The molecule has 2 aliphatic carbocycles. The summed E-state index contributed by atoms with van der Waals surface area (Å²) in [6, 6.07) is 3.99. The van der Waals surface area contributed by atoms with Crippen LogP contribution in [0, 0.1) is 30.6 Å². The molecular formula is C20H26IN5O2. The molecule has 2 amide bonds. The van der Waals surface area contributed by atoms with Crippen LogP contribution in [-0.4, -0.2) is 47.8 Å². The van der Waals surface area contributed by atoms with Crippen LogP contribution >= 0.6 is 24.0 Å². The van der Waals surface area contributed by atoms with Crippen molar-refractivity contribution in [3.63, 3.8) is 0 Å². The van der Waals surface area contributed by atoms with Crippen LogP contribution in [0.1, 0.15) is 17.7 Å². The number of hydrogen-bond donors (Lipinski definition) is 2. The number of aromatic nitrogens is 1. The van der Waals surface area contributed by atoms with Gasteiger partial charge in [0, 0.05) is 38.6 Å². The first-order valence-corrected chi connectivity index (χ1v) is 9.48. The molecular weight excluding hydrogens is 469 g/mol. The minimum absolute atomic E-state index is 0. The van der Waals surface area contributed by atoms with Crippen molar-refractivity contribution in [1.82, 2.24) is 20.5 Å². The standard InChI is InChI=1S/C20H25N5O2.HI/c1-12-3-4-13(10-23-12)11-24-20(21-2)22-7-8-25-18(26)16-14-5-6-15(9-14)17(16)19(25)27;/h3-6,10,14-17H,7-9,11H2,1-2H3,(H2,21,22,24);1H. The van der Waals surface area contributed by atoms with E-state index in [0.717, 1.165) is 17.7 Å². The first-order chi connectivity index (χ1) is 13.1. The minimum Gasteiger partial charge on any atom is -0.355 e. The molecule has 8 heteroatoms. The van der Waals surface area contributed by atoms with Crippen molar-refractivity contribution < 1.29 is 9.59 Å². The Kier molecular flexibility index (Phi) is 6.36. The van der Waals surface area contributed by atoms with Crippen molar-refractivity contribution in [3.05, 3.63) is 41.7 Å². The van der Waals surface area contributed by atoms with Crippen molar-refractivity contribution >= 4 is 41.8 Å². The number of nitrogens with zero attached hydrogens (tertiary/aromatic N) is 3. The van der Waals surface area contributed by atoms with E-state index in [1.165, 1.54) is 4.90 Å². The molecule has 1 aliphatic heterocycles. The van der Waals surface area contributed by atoms with E-state index in [-0.39, 0.29) is 59.5 Å². The molecule has 1 aromatic heterocycles. The van der Waals surface area contributed by atoms with Crippen LogP contribution in [0.25, 0.3) is 0 Å². The molecule has 4 rings (SSSR count). The molecule has 1 aromatic rings. The Morgan fingerprint density at radius 2 is 1.86 bits per heavy atom. The highest BCUT2D eigenvalue weighted by molar-refractivity contribution is 14.0. The Morgan fingerprint density at radius 1 is 1.18 bits per heavy atom. The van der Waals surface area contributed by atoms with Gasteiger partial charge in [0.05, 0.1) is 11.8 Å². The molecule has 1 saturated carbocycles. The summed E-state index contributed by atoms with van der Waals surface area (Å²) < 4.78 is 0. The number of amides is 2. The van der Waals surface area contributed by atoms with Gasteiger partial charge in [-0.25, -0.2) is 0 Å². The highest BCUT2D eigenvalue weighted by Gasteiger charge is 2.58. The average Bonchev–Trinajstić information content (AvgIpc) is 3.35. The molecule has 0 aromatic carbocycles. The zero-order valence-electron chi connectivity index (χ0n) is 16.1. The first kappa shape index (κ1) is 20.8. The number of pyridine rings is 1. The SMILES string of the molecule is CN=C(NCCN1C(=O)C2C3C=CC(C3)C2C1=O)NCc1ccc(C)nc1.I. The van der Waals surface area contributed by atoms with Gasteiger partial charge < -0.3 is 10.6 Å². The molecule has 2 bridgehead atoms. The van der Waals surface area contributed by atoms with Gasteiger partial charge in [-0.3, -0.25) is 24.5 Å². The number of fused-ring (bicyclic) bond motifs is 5. The number of aliphatic imine (C=N–C) groups is 1. The summed E-state index contributed by atoms with van der Waals surface area (Å²) in [5.74, 6) is 0.892. The van der Waals surface area contributed by atoms with Gasteiger partial charge in [-0.2, -0.15) is 0 Å². The van der Waals surface area contributed by atoms with E-state index < -0.39 is 0 Å². The first-order valence-electron chi connectivity index (χ1n) is 9.48. The Balaban J connectivity index is 0.00000225. The highest BCUT2D eigenvalue weighted by atomic mass is 127. The second-order valence-electron chi connectivity index (χ2n) is 7.49. The topological polar surface area (TPSA) is 86.7 Å².